The number of aromatic nitrogens is 2. The van der Waals surface area contributed by atoms with E-state index in [-0.39, 0.29) is 17.7 Å². The van der Waals surface area contributed by atoms with Gasteiger partial charge < -0.3 is 24.0 Å². The lowest BCUT2D eigenvalue weighted by Crippen LogP contribution is -2.41. The van der Waals surface area contributed by atoms with Crippen molar-refractivity contribution < 1.29 is 28.6 Å². The van der Waals surface area contributed by atoms with Gasteiger partial charge in [-0.3, -0.25) is 10.1 Å². The minimum Gasteiger partial charge on any atom is -0.493 e. The molecule has 2 aromatic heterocycles. The van der Waals surface area contributed by atoms with Crippen molar-refractivity contribution in [2.24, 2.45) is 5.92 Å². The van der Waals surface area contributed by atoms with Crippen LogP contribution < -0.4 is 15.0 Å². The number of carbonyl (C=O) groups excluding carboxylic acids is 3. The summed E-state index contributed by atoms with van der Waals surface area (Å²) in [7, 11) is 0. The van der Waals surface area contributed by atoms with E-state index in [9.17, 15) is 14.4 Å². The number of carbonyl (C=O) groups is 3. The largest absolute Gasteiger partial charge is 0.493 e. The molecule has 5 aromatic rings. The van der Waals surface area contributed by atoms with Crippen LogP contribution >= 0.6 is 11.3 Å². The summed E-state index contributed by atoms with van der Waals surface area (Å²) in [6.45, 7) is 16.4. The van der Waals surface area contributed by atoms with Gasteiger partial charge in [-0.25, -0.2) is 19.6 Å². The molecule has 0 atom stereocenters. The second-order valence-corrected chi connectivity index (χ2v) is 18.8. The van der Waals surface area contributed by atoms with Gasteiger partial charge in [0.15, 0.2) is 10.8 Å². The molecule has 2 amide bonds. The Balaban J connectivity index is 1.03. The zero-order chi connectivity index (χ0) is 42.6. The zero-order valence-electron chi connectivity index (χ0n) is 35.9. The first-order valence-corrected chi connectivity index (χ1v) is 21.9. The van der Waals surface area contributed by atoms with Crippen LogP contribution in [0.3, 0.4) is 0 Å². The van der Waals surface area contributed by atoms with Crippen LogP contribution in [0.15, 0.2) is 72.8 Å². The predicted octanol–water partition coefficient (Wildman–Crippen LogP) is 10.6. The van der Waals surface area contributed by atoms with E-state index in [0.717, 1.165) is 83.4 Å². The van der Waals surface area contributed by atoms with Crippen molar-refractivity contribution in [3.63, 3.8) is 0 Å². The van der Waals surface area contributed by atoms with Crippen molar-refractivity contribution in [2.45, 2.75) is 105 Å². The highest BCUT2D eigenvalue weighted by Gasteiger charge is 2.29. The molecule has 2 aliphatic rings. The van der Waals surface area contributed by atoms with Crippen LogP contribution in [0.1, 0.15) is 111 Å². The van der Waals surface area contributed by atoms with Crippen LogP contribution in [0, 0.1) is 12.8 Å². The van der Waals surface area contributed by atoms with Gasteiger partial charge in [-0.05, 0) is 145 Å². The van der Waals surface area contributed by atoms with Crippen LogP contribution in [0.25, 0.3) is 21.3 Å². The molecular formula is C48H57N5O6S. The Kier molecular flexibility index (Phi) is 12.8. The van der Waals surface area contributed by atoms with Crippen LogP contribution in [0.4, 0.5) is 15.7 Å². The first-order chi connectivity index (χ1) is 28.6. The van der Waals surface area contributed by atoms with Gasteiger partial charge in [0, 0.05) is 37.3 Å². The maximum atomic E-state index is 13.9. The molecule has 1 saturated heterocycles. The highest BCUT2D eigenvalue weighted by atomic mass is 32.1. The van der Waals surface area contributed by atoms with Crippen molar-refractivity contribution in [1.82, 2.24) is 14.9 Å². The summed E-state index contributed by atoms with van der Waals surface area (Å²) in [5, 5.41) is 3.58. The van der Waals surface area contributed by atoms with Crippen LogP contribution in [0.5, 0.6) is 5.75 Å². The van der Waals surface area contributed by atoms with E-state index in [0.29, 0.717) is 54.1 Å². The zero-order valence-corrected chi connectivity index (χ0v) is 36.7. The number of likely N-dealkylation sites (tertiary alicyclic amines) is 1. The van der Waals surface area contributed by atoms with Crippen molar-refractivity contribution in [3.8, 4) is 16.9 Å². The number of fused-ring (bicyclic) bond motifs is 2. The third-order valence-electron chi connectivity index (χ3n) is 10.9. The van der Waals surface area contributed by atoms with Gasteiger partial charge >= 0.3 is 12.1 Å². The highest BCUT2D eigenvalue weighted by molar-refractivity contribution is 7.22. The van der Waals surface area contributed by atoms with Crippen LogP contribution in [0.2, 0.25) is 0 Å². The lowest BCUT2D eigenvalue weighted by molar-refractivity contribution is 0.00627. The lowest BCUT2D eigenvalue weighted by Gasteiger charge is -2.33. The number of hydrogen-bond donors (Lipinski definition) is 1. The Morgan fingerprint density at radius 1 is 0.817 bits per heavy atom. The minimum absolute atomic E-state index is 0.208. The summed E-state index contributed by atoms with van der Waals surface area (Å²) < 4.78 is 18.8. The van der Waals surface area contributed by atoms with Gasteiger partial charge in [0.25, 0.3) is 5.91 Å². The molecule has 0 bridgehead atoms. The summed E-state index contributed by atoms with van der Waals surface area (Å²) in [5.74, 6) is 1.27. The highest BCUT2D eigenvalue weighted by Crippen LogP contribution is 2.36. The number of anilines is 2. The molecule has 3 aromatic carbocycles. The Morgan fingerprint density at radius 3 is 2.32 bits per heavy atom. The number of nitrogens with one attached hydrogen (secondary N) is 1. The molecular weight excluding hydrogens is 775 g/mol. The molecule has 60 heavy (non-hydrogen) atoms. The van der Waals surface area contributed by atoms with Gasteiger partial charge in [-0.1, -0.05) is 54.2 Å². The fraction of sp³-hybridized carbons (Fsp3) is 0.438. The number of piperidine rings is 1. The first kappa shape index (κ1) is 42.6. The fourth-order valence-corrected chi connectivity index (χ4v) is 8.78. The number of ether oxygens (including phenoxy) is 3. The Morgan fingerprint density at radius 2 is 1.57 bits per heavy atom. The summed E-state index contributed by atoms with van der Waals surface area (Å²) in [4.78, 5) is 53.6. The molecule has 316 valence electrons. The van der Waals surface area contributed by atoms with Gasteiger partial charge in [0.05, 0.1) is 16.8 Å². The van der Waals surface area contributed by atoms with E-state index >= 15 is 0 Å². The number of amides is 2. The normalized spacial score (nSPS) is 14.8. The first-order valence-electron chi connectivity index (χ1n) is 21.1. The number of para-hydroxylation sites is 1. The number of nitrogens with zero attached hydrogens (tertiary/aromatic N) is 4. The summed E-state index contributed by atoms with van der Waals surface area (Å²) in [5.41, 5.74) is 4.94. The quantitative estimate of drug-likeness (QED) is 0.102. The van der Waals surface area contributed by atoms with Crippen molar-refractivity contribution in [1.29, 1.82) is 0 Å². The molecule has 0 aliphatic carbocycles. The number of esters is 1. The molecule has 0 saturated carbocycles. The monoisotopic (exact) mass is 831 g/mol. The molecule has 1 fully saturated rings. The second-order valence-electron chi connectivity index (χ2n) is 17.8. The number of rotatable bonds is 11. The number of thiazole rings is 1. The maximum Gasteiger partial charge on any atom is 0.410 e. The summed E-state index contributed by atoms with van der Waals surface area (Å²) in [6.07, 6.45) is 5.54. The van der Waals surface area contributed by atoms with E-state index in [1.807, 2.05) is 120 Å². The average molecular weight is 832 g/mol. The van der Waals surface area contributed by atoms with E-state index in [1.165, 1.54) is 11.3 Å². The lowest BCUT2D eigenvalue weighted by atomic mass is 9.92. The average Bonchev–Trinajstić information content (AvgIpc) is 3.62. The van der Waals surface area contributed by atoms with E-state index in [1.54, 1.807) is 0 Å². The number of benzene rings is 3. The summed E-state index contributed by atoms with van der Waals surface area (Å²) >= 11 is 1.45. The summed E-state index contributed by atoms with van der Waals surface area (Å²) in [6, 6.07) is 23.5. The Labute approximate surface area is 357 Å². The van der Waals surface area contributed by atoms with Gasteiger partial charge in [-0.2, -0.15) is 0 Å². The van der Waals surface area contributed by atoms with E-state index in [4.69, 9.17) is 19.2 Å². The number of unbranched alkanes of at least 4 members (excludes halogenated alkanes) is 1. The third kappa shape index (κ3) is 10.4. The third-order valence-corrected chi connectivity index (χ3v) is 11.9. The molecule has 1 N–H and O–H groups in total. The van der Waals surface area contributed by atoms with E-state index < -0.39 is 17.2 Å². The minimum atomic E-state index is -0.725. The van der Waals surface area contributed by atoms with Gasteiger partial charge in [0.2, 0.25) is 0 Å². The standard InChI is InChI=1S/C48H57N5O6S/c1-31-34(16-13-19-39(31)57-29-11-10-14-32-23-26-52(27-24-32)46(56)59-48(5,6)7)35-21-22-41(50-42(35)44(55)58-47(2,3)4)53-28-25-33-15-12-17-36(37(33)30-53)43(54)51-45-49-38-18-8-9-20-40(38)60-45/h8-9,12-13,15-22,32H,10-11,14,23-30H2,1-7H3,(H,49,51,54). The SMILES string of the molecule is Cc1c(OCCCCC2CCN(C(=O)OC(C)(C)C)CC2)cccc1-c1ccc(N2CCc3cccc(C(=O)Nc4nc5ccccc5s4)c3C2)nc1C(=O)OC(C)(C)C. The smallest absolute Gasteiger partial charge is 0.410 e. The molecule has 0 unspecified atom stereocenters. The van der Waals surface area contributed by atoms with Crippen LogP contribution in [-0.2, 0) is 22.4 Å². The molecule has 0 radical (unpaired) electrons. The van der Waals surface area contributed by atoms with Crippen molar-refractivity contribution >= 4 is 50.5 Å². The van der Waals surface area contributed by atoms with Gasteiger partial charge in [0.1, 0.15) is 22.8 Å². The van der Waals surface area contributed by atoms with Crippen LogP contribution in [-0.4, -0.2) is 70.3 Å². The van der Waals surface area contributed by atoms with Crippen molar-refractivity contribution in [3.05, 3.63) is 101 Å². The van der Waals surface area contributed by atoms with Gasteiger partial charge in [-0.15, -0.1) is 0 Å². The topological polar surface area (TPSA) is 123 Å². The maximum absolute atomic E-state index is 13.9. The molecule has 7 rings (SSSR count). The molecule has 11 nitrogen and oxygen atoms in total. The fourth-order valence-electron chi connectivity index (χ4n) is 7.91. The van der Waals surface area contributed by atoms with E-state index in [2.05, 4.69) is 21.3 Å². The Hall–Kier alpha value is -5.49. The molecule has 12 heteroatoms. The number of hydrogen-bond acceptors (Lipinski definition) is 10. The predicted molar refractivity (Wildman–Crippen MR) is 238 cm³/mol. The molecule has 2 aliphatic heterocycles. The molecule has 0 spiro atoms. The second kappa shape index (κ2) is 18.0. The molecule has 4 heterocycles. The Bertz CT molecular complexity index is 2320. The number of pyridine rings is 1. The van der Waals surface area contributed by atoms with Crippen molar-refractivity contribution in [2.75, 3.05) is 36.5 Å².